The Morgan fingerprint density at radius 3 is 2.23 bits per heavy atom. The van der Waals surface area contributed by atoms with E-state index in [1.165, 1.54) is 5.69 Å². The number of nitrogens with zero attached hydrogens (tertiary/aromatic N) is 6. The minimum Gasteiger partial charge on any atom is -0.497 e. The molecule has 0 aliphatic carbocycles. The number of methoxy groups -OCH3 is 1. The Labute approximate surface area is 151 Å². The summed E-state index contributed by atoms with van der Waals surface area (Å²) in [6.07, 6.45) is 0. The zero-order valence-corrected chi connectivity index (χ0v) is 14.6. The topological polar surface area (TPSA) is 59.3 Å². The van der Waals surface area contributed by atoms with E-state index in [0.29, 0.717) is 5.41 Å². The minimum absolute atomic E-state index is 0.355. The number of benzene rings is 2. The van der Waals surface area contributed by atoms with Crippen molar-refractivity contribution in [3.05, 3.63) is 54.6 Å². The summed E-state index contributed by atoms with van der Waals surface area (Å²) in [4.78, 5) is 4.68. The number of para-hydroxylation sites is 1. The van der Waals surface area contributed by atoms with Crippen molar-refractivity contribution in [2.24, 2.45) is 5.41 Å². The average molecular weight is 348 g/mol. The van der Waals surface area contributed by atoms with Crippen LogP contribution in [0.5, 0.6) is 5.75 Å². The van der Waals surface area contributed by atoms with Crippen LogP contribution in [0.2, 0.25) is 0 Å². The number of anilines is 2. The van der Waals surface area contributed by atoms with Crippen molar-refractivity contribution in [1.82, 2.24) is 20.2 Å². The molecule has 2 aromatic carbocycles. The molecule has 5 rings (SSSR count). The molecular weight excluding hydrogens is 328 g/mol. The highest BCUT2D eigenvalue weighted by atomic mass is 16.5. The zero-order chi connectivity index (χ0) is 17.6. The number of hydrogen-bond acceptors (Lipinski definition) is 6. The molecule has 2 aliphatic heterocycles. The Kier molecular flexibility index (Phi) is 3.34. The van der Waals surface area contributed by atoms with Gasteiger partial charge in [0.1, 0.15) is 5.75 Å². The maximum Gasteiger partial charge on any atom is 0.250 e. The van der Waals surface area contributed by atoms with Crippen LogP contribution in [0.15, 0.2) is 54.6 Å². The van der Waals surface area contributed by atoms with Crippen molar-refractivity contribution < 1.29 is 4.74 Å². The summed E-state index contributed by atoms with van der Waals surface area (Å²) < 4.78 is 7.04. The molecule has 0 bridgehead atoms. The van der Waals surface area contributed by atoms with Gasteiger partial charge in [-0.3, -0.25) is 0 Å². The Balaban J connectivity index is 1.24. The summed E-state index contributed by atoms with van der Waals surface area (Å²) in [5.74, 6) is 1.72. The van der Waals surface area contributed by atoms with E-state index in [2.05, 4.69) is 37.5 Å². The van der Waals surface area contributed by atoms with E-state index in [9.17, 15) is 0 Å². The van der Waals surface area contributed by atoms with Crippen molar-refractivity contribution in [2.75, 3.05) is 43.1 Å². The van der Waals surface area contributed by atoms with Gasteiger partial charge in [-0.15, -0.1) is 0 Å². The second-order valence-electron chi connectivity index (χ2n) is 7.14. The Morgan fingerprint density at radius 2 is 1.54 bits per heavy atom. The Bertz CT molecular complexity index is 893. The van der Waals surface area contributed by atoms with E-state index in [0.717, 1.165) is 43.6 Å². The lowest BCUT2D eigenvalue weighted by Gasteiger charge is -2.60. The lowest BCUT2D eigenvalue weighted by molar-refractivity contribution is 0.154. The summed E-state index contributed by atoms with van der Waals surface area (Å²) in [7, 11) is 1.69. The minimum atomic E-state index is 0.355. The molecule has 3 aromatic rings. The second kappa shape index (κ2) is 5.72. The van der Waals surface area contributed by atoms with Crippen molar-refractivity contribution in [2.45, 2.75) is 0 Å². The molecule has 2 aliphatic rings. The maximum atomic E-state index is 5.23. The molecule has 2 saturated heterocycles. The number of tetrazole rings is 1. The van der Waals surface area contributed by atoms with Gasteiger partial charge in [-0.25, -0.2) is 0 Å². The van der Waals surface area contributed by atoms with Gasteiger partial charge in [0.2, 0.25) is 5.95 Å². The van der Waals surface area contributed by atoms with E-state index < -0.39 is 0 Å². The number of hydrogen-bond donors (Lipinski definition) is 0. The highest BCUT2D eigenvalue weighted by molar-refractivity contribution is 5.55. The second-order valence-corrected chi connectivity index (χ2v) is 7.14. The molecular formula is C19H20N6O. The molecule has 132 valence electrons. The van der Waals surface area contributed by atoms with Crippen LogP contribution in [0.3, 0.4) is 0 Å². The fourth-order valence-corrected chi connectivity index (χ4v) is 3.96. The van der Waals surface area contributed by atoms with Crippen molar-refractivity contribution in [3.63, 3.8) is 0 Å². The van der Waals surface area contributed by atoms with Gasteiger partial charge in [-0.1, -0.05) is 23.3 Å². The first kappa shape index (κ1) is 15.2. The highest BCUT2D eigenvalue weighted by Gasteiger charge is 2.53. The summed E-state index contributed by atoms with van der Waals surface area (Å²) in [5, 5.41) is 12.3. The van der Waals surface area contributed by atoms with E-state index in [1.807, 2.05) is 47.1 Å². The molecule has 0 unspecified atom stereocenters. The quantitative estimate of drug-likeness (QED) is 0.719. The highest BCUT2D eigenvalue weighted by Crippen LogP contribution is 2.43. The van der Waals surface area contributed by atoms with Crippen LogP contribution in [0.4, 0.5) is 11.6 Å². The molecule has 1 spiro atoms. The Hall–Kier alpha value is -3.09. The fourth-order valence-electron chi connectivity index (χ4n) is 3.96. The van der Waals surface area contributed by atoms with E-state index in [-0.39, 0.29) is 0 Å². The summed E-state index contributed by atoms with van der Waals surface area (Å²) in [6.45, 7) is 4.13. The van der Waals surface area contributed by atoms with Gasteiger partial charge >= 0.3 is 0 Å². The first-order valence-electron chi connectivity index (χ1n) is 8.74. The number of rotatable bonds is 4. The van der Waals surface area contributed by atoms with E-state index in [4.69, 9.17) is 4.74 Å². The molecule has 0 atom stereocenters. The normalized spacial score (nSPS) is 17.7. The third-order valence-electron chi connectivity index (χ3n) is 5.28. The fraction of sp³-hybridized carbons (Fsp3) is 0.316. The molecule has 0 N–H and O–H groups in total. The molecule has 26 heavy (non-hydrogen) atoms. The maximum absolute atomic E-state index is 5.23. The molecule has 2 fully saturated rings. The molecule has 3 heterocycles. The SMILES string of the molecule is COc1ccc(N2CC3(C2)CN(c2nnnn2-c2ccccc2)C3)cc1. The predicted molar refractivity (Wildman–Crippen MR) is 99.0 cm³/mol. The van der Waals surface area contributed by atoms with Crippen molar-refractivity contribution >= 4 is 11.6 Å². The van der Waals surface area contributed by atoms with Crippen LogP contribution in [-0.2, 0) is 0 Å². The van der Waals surface area contributed by atoms with Crippen molar-refractivity contribution in [1.29, 1.82) is 0 Å². The van der Waals surface area contributed by atoms with Crippen molar-refractivity contribution in [3.8, 4) is 11.4 Å². The number of ether oxygens (including phenoxy) is 1. The first-order chi connectivity index (χ1) is 12.8. The van der Waals surface area contributed by atoms with E-state index in [1.54, 1.807) is 7.11 Å². The van der Waals surface area contributed by atoms with Crippen LogP contribution < -0.4 is 14.5 Å². The van der Waals surface area contributed by atoms with Crippen LogP contribution in [0.25, 0.3) is 5.69 Å². The van der Waals surface area contributed by atoms with Crippen LogP contribution in [0, 0.1) is 5.41 Å². The molecule has 0 radical (unpaired) electrons. The molecule has 0 saturated carbocycles. The first-order valence-corrected chi connectivity index (χ1v) is 8.74. The molecule has 0 amide bonds. The largest absolute Gasteiger partial charge is 0.497 e. The van der Waals surface area contributed by atoms with Gasteiger partial charge in [0.25, 0.3) is 0 Å². The summed E-state index contributed by atoms with van der Waals surface area (Å²) >= 11 is 0. The lowest BCUT2D eigenvalue weighted by Crippen LogP contribution is -2.72. The summed E-state index contributed by atoms with van der Waals surface area (Å²) in [5.41, 5.74) is 2.60. The average Bonchev–Trinajstić information content (AvgIpc) is 3.10. The lowest BCUT2D eigenvalue weighted by atomic mass is 9.72. The summed E-state index contributed by atoms with van der Waals surface area (Å²) in [6, 6.07) is 18.3. The van der Waals surface area contributed by atoms with Gasteiger partial charge in [0.05, 0.1) is 12.8 Å². The number of aromatic nitrogens is 4. The smallest absolute Gasteiger partial charge is 0.250 e. The van der Waals surface area contributed by atoms with Gasteiger partial charge in [0, 0.05) is 37.3 Å². The third-order valence-corrected chi connectivity index (χ3v) is 5.28. The standard InChI is InChI=1S/C19H20N6O/c1-26-17-9-7-15(8-10-17)23-11-19(12-23)13-24(14-19)18-20-21-22-25(18)16-5-3-2-4-6-16/h2-10H,11-14H2,1H3. The van der Waals surface area contributed by atoms with Gasteiger partial charge in [0.15, 0.2) is 0 Å². The monoisotopic (exact) mass is 348 g/mol. The van der Waals surface area contributed by atoms with Crippen LogP contribution in [-0.4, -0.2) is 53.5 Å². The molecule has 7 heteroatoms. The van der Waals surface area contributed by atoms with Crippen LogP contribution >= 0.6 is 0 Å². The zero-order valence-electron chi connectivity index (χ0n) is 14.6. The van der Waals surface area contributed by atoms with E-state index >= 15 is 0 Å². The van der Waals surface area contributed by atoms with Gasteiger partial charge < -0.3 is 14.5 Å². The Morgan fingerprint density at radius 1 is 0.846 bits per heavy atom. The predicted octanol–water partition coefficient (Wildman–Crippen LogP) is 2.00. The van der Waals surface area contributed by atoms with Gasteiger partial charge in [-0.2, -0.15) is 4.68 Å². The van der Waals surface area contributed by atoms with Crippen LogP contribution in [0.1, 0.15) is 0 Å². The molecule has 7 nitrogen and oxygen atoms in total. The van der Waals surface area contributed by atoms with Gasteiger partial charge in [-0.05, 0) is 46.8 Å². The molecule has 1 aromatic heterocycles. The third kappa shape index (κ3) is 2.39.